The van der Waals surface area contributed by atoms with Crippen LogP contribution in [0.1, 0.15) is 24.3 Å². The third-order valence-corrected chi connectivity index (χ3v) is 4.55. The van der Waals surface area contributed by atoms with Crippen molar-refractivity contribution in [3.63, 3.8) is 0 Å². The third kappa shape index (κ3) is 1.55. The maximum Gasteiger partial charge on any atom is 0.362 e. The number of aromatic amines is 1. The van der Waals surface area contributed by atoms with Crippen LogP contribution in [0.2, 0.25) is 0 Å². The van der Waals surface area contributed by atoms with Gasteiger partial charge in [0, 0.05) is 11.3 Å². The van der Waals surface area contributed by atoms with E-state index in [0.717, 1.165) is 16.6 Å². The van der Waals surface area contributed by atoms with Gasteiger partial charge in [-0.1, -0.05) is 0 Å². The molecule has 7 heteroatoms. The van der Waals surface area contributed by atoms with Crippen molar-refractivity contribution in [2.75, 3.05) is 0 Å². The number of fused-ring (bicyclic) bond motifs is 5. The van der Waals surface area contributed by atoms with Crippen LogP contribution in [-0.4, -0.2) is 25.2 Å². The summed E-state index contributed by atoms with van der Waals surface area (Å²) >= 11 is 1.62. The molecule has 1 aliphatic rings. The maximum atomic E-state index is 11.4. The molecular formula is C12H12N4O2S. The molecule has 0 fully saturated rings. The smallest absolute Gasteiger partial charge is 0.362 e. The number of nitrogens with one attached hydrogen (secondary N) is 1. The van der Waals surface area contributed by atoms with E-state index in [1.807, 2.05) is 0 Å². The second-order valence-electron chi connectivity index (χ2n) is 5.38. The summed E-state index contributed by atoms with van der Waals surface area (Å²) in [5.41, 5.74) is 1.34. The monoisotopic (exact) mass is 276 g/mol. The Bertz CT molecular complexity index is 858. The van der Waals surface area contributed by atoms with Crippen molar-refractivity contribution in [1.82, 2.24) is 19.6 Å². The van der Waals surface area contributed by atoms with Gasteiger partial charge >= 0.3 is 5.69 Å². The van der Waals surface area contributed by atoms with Crippen LogP contribution in [0.15, 0.2) is 11.1 Å². The van der Waals surface area contributed by atoms with Crippen molar-refractivity contribution < 1.29 is 4.74 Å². The van der Waals surface area contributed by atoms with Gasteiger partial charge in [-0.25, -0.2) is 19.4 Å². The molecule has 19 heavy (non-hydrogen) atoms. The zero-order valence-electron chi connectivity index (χ0n) is 10.6. The van der Waals surface area contributed by atoms with Crippen molar-refractivity contribution in [3.8, 4) is 0 Å². The summed E-state index contributed by atoms with van der Waals surface area (Å²) in [7, 11) is 0. The van der Waals surface area contributed by atoms with E-state index in [4.69, 9.17) is 4.74 Å². The molecule has 0 amide bonds. The van der Waals surface area contributed by atoms with E-state index < -0.39 is 0 Å². The molecule has 3 aromatic heterocycles. The quantitative estimate of drug-likeness (QED) is 0.675. The molecule has 0 unspecified atom stereocenters. The van der Waals surface area contributed by atoms with Gasteiger partial charge in [-0.05, 0) is 19.4 Å². The molecule has 1 N–H and O–H groups in total. The van der Waals surface area contributed by atoms with E-state index in [0.29, 0.717) is 12.3 Å². The number of aromatic nitrogens is 4. The van der Waals surface area contributed by atoms with Crippen LogP contribution in [0, 0.1) is 0 Å². The van der Waals surface area contributed by atoms with Crippen LogP contribution < -0.4 is 5.69 Å². The Labute approximate surface area is 112 Å². The van der Waals surface area contributed by atoms with Gasteiger partial charge in [0.1, 0.15) is 11.2 Å². The molecule has 0 spiro atoms. The summed E-state index contributed by atoms with van der Waals surface area (Å²) in [5.74, 6) is 0. The molecule has 0 saturated heterocycles. The number of nitrogens with zero attached hydrogens (tertiary/aromatic N) is 3. The average molecular weight is 276 g/mol. The summed E-state index contributed by atoms with van der Waals surface area (Å²) in [6, 6.07) is 0. The van der Waals surface area contributed by atoms with Crippen molar-refractivity contribution in [2.45, 2.75) is 32.5 Å². The molecule has 3 aromatic rings. The van der Waals surface area contributed by atoms with Crippen molar-refractivity contribution in [3.05, 3.63) is 27.3 Å². The summed E-state index contributed by atoms with van der Waals surface area (Å²) in [6.45, 7) is 4.75. The van der Waals surface area contributed by atoms with Crippen LogP contribution in [0.5, 0.6) is 0 Å². The average Bonchev–Trinajstić information content (AvgIpc) is 2.86. The Morgan fingerprint density at radius 3 is 3.21 bits per heavy atom. The normalized spacial score (nSPS) is 18.0. The molecule has 0 atom stereocenters. The number of ether oxygens (including phenoxy) is 1. The minimum Gasteiger partial charge on any atom is -0.370 e. The van der Waals surface area contributed by atoms with Crippen molar-refractivity contribution in [2.24, 2.45) is 0 Å². The van der Waals surface area contributed by atoms with Crippen LogP contribution >= 0.6 is 11.3 Å². The Balaban J connectivity index is 2.13. The summed E-state index contributed by atoms with van der Waals surface area (Å²) in [4.78, 5) is 22.0. The molecule has 4 heterocycles. The predicted molar refractivity (Wildman–Crippen MR) is 71.6 cm³/mol. The number of hydrogen-bond acceptors (Lipinski definition) is 5. The second kappa shape index (κ2) is 3.43. The Hall–Kier alpha value is -1.73. The molecule has 0 radical (unpaired) electrons. The largest absolute Gasteiger partial charge is 0.370 e. The van der Waals surface area contributed by atoms with Gasteiger partial charge in [0.25, 0.3) is 0 Å². The van der Waals surface area contributed by atoms with Gasteiger partial charge in [0.05, 0.1) is 17.6 Å². The molecular weight excluding hydrogens is 264 g/mol. The first-order valence-corrected chi connectivity index (χ1v) is 6.87. The minimum absolute atomic E-state index is 0.190. The van der Waals surface area contributed by atoms with E-state index in [-0.39, 0.29) is 11.3 Å². The Morgan fingerprint density at radius 1 is 1.53 bits per heavy atom. The molecule has 0 bridgehead atoms. The van der Waals surface area contributed by atoms with Crippen molar-refractivity contribution >= 4 is 27.2 Å². The van der Waals surface area contributed by atoms with Gasteiger partial charge in [-0.2, -0.15) is 4.98 Å². The molecule has 0 aromatic carbocycles. The molecule has 6 nitrogen and oxygen atoms in total. The maximum absolute atomic E-state index is 11.4. The fourth-order valence-corrected chi connectivity index (χ4v) is 3.63. The van der Waals surface area contributed by atoms with E-state index in [2.05, 4.69) is 28.9 Å². The minimum atomic E-state index is -0.347. The number of H-pyrrole nitrogens is 1. The lowest BCUT2D eigenvalue weighted by molar-refractivity contribution is -0.0379. The zero-order valence-corrected chi connectivity index (χ0v) is 11.4. The number of hydrogen-bond donors (Lipinski definition) is 1. The van der Waals surface area contributed by atoms with Gasteiger partial charge in [0.15, 0.2) is 5.65 Å². The van der Waals surface area contributed by atoms with Gasteiger partial charge in [-0.15, -0.1) is 11.3 Å². The highest BCUT2D eigenvalue weighted by Gasteiger charge is 2.30. The van der Waals surface area contributed by atoms with Crippen LogP contribution in [0.3, 0.4) is 0 Å². The fourth-order valence-electron chi connectivity index (χ4n) is 2.56. The van der Waals surface area contributed by atoms with Crippen LogP contribution in [0.4, 0.5) is 0 Å². The fraction of sp³-hybridized carbons (Fsp3) is 0.417. The van der Waals surface area contributed by atoms with E-state index >= 15 is 0 Å². The first kappa shape index (κ1) is 11.1. The van der Waals surface area contributed by atoms with Crippen molar-refractivity contribution in [1.29, 1.82) is 0 Å². The molecule has 98 valence electrons. The second-order valence-corrected chi connectivity index (χ2v) is 6.46. The lowest BCUT2D eigenvalue weighted by Gasteiger charge is -2.30. The number of rotatable bonds is 0. The molecule has 0 aliphatic carbocycles. The molecule has 1 aliphatic heterocycles. The standard InChI is InChI=1S/C12H12N4O2S/c1-12(2)3-6-7(4-18-12)19-10-8(6)9-14-11(17)15-16(9)5-13-10/h5H,3-4H2,1-2H3,(H,15,17). The van der Waals surface area contributed by atoms with Gasteiger partial charge in [-0.3, -0.25) is 0 Å². The number of thiophene rings is 1. The van der Waals surface area contributed by atoms with E-state index in [9.17, 15) is 4.79 Å². The Kier molecular flexibility index (Phi) is 2.01. The van der Waals surface area contributed by atoms with E-state index in [1.54, 1.807) is 22.2 Å². The van der Waals surface area contributed by atoms with E-state index in [1.165, 1.54) is 10.4 Å². The summed E-state index contributed by atoms with van der Waals surface area (Å²) in [5, 5.41) is 3.61. The SMILES string of the molecule is CC1(C)Cc2c(sc3ncn4[nH]c(=O)nc4c23)CO1. The highest BCUT2D eigenvalue weighted by molar-refractivity contribution is 7.19. The molecule has 0 saturated carbocycles. The molecule has 4 rings (SSSR count). The predicted octanol–water partition coefficient (Wildman–Crippen LogP) is 1.48. The van der Waals surface area contributed by atoms with Gasteiger partial charge < -0.3 is 4.74 Å². The lowest BCUT2D eigenvalue weighted by atomic mass is 9.94. The summed E-state index contributed by atoms with van der Waals surface area (Å²) in [6.07, 6.45) is 2.41. The Morgan fingerprint density at radius 2 is 2.37 bits per heavy atom. The lowest BCUT2D eigenvalue weighted by Crippen LogP contribution is -2.31. The first-order chi connectivity index (χ1) is 9.03. The zero-order chi connectivity index (χ0) is 13.2. The van der Waals surface area contributed by atoms with Crippen LogP contribution in [0.25, 0.3) is 15.9 Å². The topological polar surface area (TPSA) is 72.3 Å². The van der Waals surface area contributed by atoms with Gasteiger partial charge in [0.2, 0.25) is 0 Å². The van der Waals surface area contributed by atoms with Crippen LogP contribution in [-0.2, 0) is 17.8 Å². The summed E-state index contributed by atoms with van der Waals surface area (Å²) < 4.78 is 7.41. The first-order valence-electron chi connectivity index (χ1n) is 6.05. The highest BCUT2D eigenvalue weighted by Crippen LogP contribution is 2.39. The third-order valence-electron chi connectivity index (χ3n) is 3.43. The highest BCUT2D eigenvalue weighted by atomic mass is 32.1.